The highest BCUT2D eigenvalue weighted by atomic mass is 35.5. The quantitative estimate of drug-likeness (QED) is 0.892. The fourth-order valence-electron chi connectivity index (χ4n) is 2.42. The first kappa shape index (κ1) is 16.1. The van der Waals surface area contributed by atoms with Crippen molar-refractivity contribution in [3.8, 4) is 5.75 Å². The fraction of sp³-hybridized carbons (Fsp3) is 0.533. The number of piperazine rings is 1. The second-order valence-electron chi connectivity index (χ2n) is 5.59. The van der Waals surface area contributed by atoms with Gasteiger partial charge < -0.3 is 15.4 Å². The Balaban J connectivity index is 2.14. The van der Waals surface area contributed by atoms with E-state index in [4.69, 9.17) is 16.3 Å². The van der Waals surface area contributed by atoms with Gasteiger partial charge in [0.25, 0.3) is 0 Å². The Bertz CT molecular complexity index is 514. The third-order valence-electron chi connectivity index (χ3n) is 3.87. The van der Waals surface area contributed by atoms with Crippen molar-refractivity contribution in [3.63, 3.8) is 0 Å². The Kier molecular flexibility index (Phi) is 5.08. The number of rotatable bonds is 4. The van der Waals surface area contributed by atoms with Crippen molar-refractivity contribution >= 4 is 23.2 Å². The highest BCUT2D eigenvalue weighted by Crippen LogP contribution is 2.29. The number of hydrogen-bond acceptors (Lipinski definition) is 4. The monoisotopic (exact) mass is 311 g/mol. The summed E-state index contributed by atoms with van der Waals surface area (Å²) in [6.45, 7) is 7.38. The maximum Gasteiger partial charge on any atom is 0.244 e. The number of halogens is 1. The topological polar surface area (TPSA) is 53.6 Å². The second kappa shape index (κ2) is 6.64. The number of benzene rings is 1. The lowest BCUT2D eigenvalue weighted by atomic mass is 10.00. The largest absolute Gasteiger partial charge is 0.495 e. The number of nitrogens with one attached hydrogen (secondary N) is 2. The number of hydrogen-bond donors (Lipinski definition) is 2. The third-order valence-corrected chi connectivity index (χ3v) is 4.11. The van der Waals surface area contributed by atoms with Crippen LogP contribution in [0, 0.1) is 0 Å². The molecule has 0 atom stereocenters. The number of carbonyl (C=O) groups is 1. The summed E-state index contributed by atoms with van der Waals surface area (Å²) in [5.41, 5.74) is 0.00770. The van der Waals surface area contributed by atoms with Crippen LogP contribution in [-0.4, -0.2) is 49.6 Å². The number of anilines is 1. The van der Waals surface area contributed by atoms with Gasteiger partial charge in [0.15, 0.2) is 0 Å². The first-order valence-corrected chi connectivity index (χ1v) is 7.43. The van der Waals surface area contributed by atoms with Crippen LogP contribution < -0.4 is 15.4 Å². The van der Waals surface area contributed by atoms with Gasteiger partial charge in [0.1, 0.15) is 5.75 Å². The van der Waals surface area contributed by atoms with Crippen LogP contribution in [0.3, 0.4) is 0 Å². The van der Waals surface area contributed by atoms with Crippen LogP contribution in [0.4, 0.5) is 5.69 Å². The lowest BCUT2D eigenvalue weighted by Crippen LogP contribution is -2.58. The minimum absolute atomic E-state index is 0.0648. The molecule has 1 fully saturated rings. The first-order chi connectivity index (χ1) is 9.95. The molecule has 0 saturated carbocycles. The number of nitrogens with zero attached hydrogens (tertiary/aromatic N) is 1. The summed E-state index contributed by atoms with van der Waals surface area (Å²) in [6, 6.07) is 5.18. The van der Waals surface area contributed by atoms with Gasteiger partial charge in [-0.2, -0.15) is 0 Å². The standard InChI is InChI=1S/C15H22ClN3O2/c1-15(2,19-8-6-17-7-9-19)14(20)18-12-10-11(16)4-5-13(12)21-3/h4-5,10,17H,6-9H2,1-3H3,(H,18,20). The Morgan fingerprint density at radius 3 is 2.67 bits per heavy atom. The summed E-state index contributed by atoms with van der Waals surface area (Å²) >= 11 is 5.99. The maximum atomic E-state index is 12.6. The smallest absolute Gasteiger partial charge is 0.244 e. The Morgan fingerprint density at radius 1 is 1.38 bits per heavy atom. The average Bonchev–Trinajstić information content (AvgIpc) is 2.48. The van der Waals surface area contributed by atoms with E-state index in [0.29, 0.717) is 16.5 Å². The van der Waals surface area contributed by atoms with E-state index in [9.17, 15) is 4.79 Å². The van der Waals surface area contributed by atoms with Crippen molar-refractivity contribution in [3.05, 3.63) is 23.2 Å². The normalized spacial score (nSPS) is 16.6. The minimum Gasteiger partial charge on any atom is -0.495 e. The van der Waals surface area contributed by atoms with Crippen molar-refractivity contribution in [2.24, 2.45) is 0 Å². The molecule has 0 unspecified atom stereocenters. The van der Waals surface area contributed by atoms with Gasteiger partial charge in [0.05, 0.1) is 18.3 Å². The van der Waals surface area contributed by atoms with Crippen LogP contribution in [0.1, 0.15) is 13.8 Å². The molecule has 1 aromatic rings. The van der Waals surface area contributed by atoms with Crippen LogP contribution >= 0.6 is 11.6 Å². The molecule has 0 aromatic heterocycles. The van der Waals surface area contributed by atoms with Crippen LogP contribution in [-0.2, 0) is 4.79 Å². The molecule has 0 aliphatic carbocycles. The third kappa shape index (κ3) is 3.67. The van der Waals surface area contributed by atoms with Crippen LogP contribution in [0.5, 0.6) is 5.75 Å². The molecule has 0 bridgehead atoms. The predicted molar refractivity (Wildman–Crippen MR) is 85.2 cm³/mol. The molecular formula is C15H22ClN3O2. The van der Waals surface area contributed by atoms with E-state index >= 15 is 0 Å². The zero-order valence-electron chi connectivity index (χ0n) is 12.7. The van der Waals surface area contributed by atoms with Crippen LogP contribution in [0.2, 0.25) is 5.02 Å². The molecule has 0 radical (unpaired) electrons. The Hall–Kier alpha value is -1.30. The van der Waals surface area contributed by atoms with E-state index in [-0.39, 0.29) is 5.91 Å². The molecule has 2 N–H and O–H groups in total. The molecule has 6 heteroatoms. The zero-order chi connectivity index (χ0) is 15.5. The molecule has 1 aliphatic rings. The van der Waals surface area contributed by atoms with Gasteiger partial charge in [-0.3, -0.25) is 9.69 Å². The zero-order valence-corrected chi connectivity index (χ0v) is 13.5. The molecular weight excluding hydrogens is 290 g/mol. The van der Waals surface area contributed by atoms with E-state index in [1.54, 1.807) is 25.3 Å². The van der Waals surface area contributed by atoms with Crippen LogP contribution in [0.15, 0.2) is 18.2 Å². The van der Waals surface area contributed by atoms with E-state index < -0.39 is 5.54 Å². The second-order valence-corrected chi connectivity index (χ2v) is 6.03. The molecule has 0 spiro atoms. The van der Waals surface area contributed by atoms with Gasteiger partial charge >= 0.3 is 0 Å². The van der Waals surface area contributed by atoms with E-state index in [1.807, 2.05) is 13.8 Å². The minimum atomic E-state index is -0.588. The summed E-state index contributed by atoms with van der Waals surface area (Å²) in [5, 5.41) is 6.78. The molecule has 1 aromatic carbocycles. The number of methoxy groups -OCH3 is 1. The van der Waals surface area contributed by atoms with Gasteiger partial charge in [0.2, 0.25) is 5.91 Å². The summed E-state index contributed by atoms with van der Waals surface area (Å²) in [6.07, 6.45) is 0. The number of amides is 1. The SMILES string of the molecule is COc1ccc(Cl)cc1NC(=O)C(C)(C)N1CCNCC1. The van der Waals surface area contributed by atoms with Crippen molar-refractivity contribution < 1.29 is 9.53 Å². The van der Waals surface area contributed by atoms with Gasteiger partial charge in [-0.1, -0.05) is 11.6 Å². The molecule has 116 valence electrons. The Labute approximate surface area is 130 Å². The molecule has 1 aliphatic heterocycles. The van der Waals surface area contributed by atoms with E-state index in [0.717, 1.165) is 26.2 Å². The summed E-state index contributed by atoms with van der Waals surface area (Å²) in [4.78, 5) is 14.8. The number of ether oxygens (including phenoxy) is 1. The highest BCUT2D eigenvalue weighted by Gasteiger charge is 2.35. The predicted octanol–water partition coefficient (Wildman–Crippen LogP) is 1.97. The summed E-state index contributed by atoms with van der Waals surface area (Å²) in [7, 11) is 1.57. The van der Waals surface area contributed by atoms with Gasteiger partial charge in [-0.05, 0) is 32.0 Å². The van der Waals surface area contributed by atoms with Gasteiger partial charge in [0, 0.05) is 31.2 Å². The van der Waals surface area contributed by atoms with Gasteiger partial charge in [-0.25, -0.2) is 0 Å². The molecule has 1 heterocycles. The number of carbonyl (C=O) groups excluding carboxylic acids is 1. The maximum absolute atomic E-state index is 12.6. The summed E-state index contributed by atoms with van der Waals surface area (Å²) in [5.74, 6) is 0.536. The Morgan fingerprint density at radius 2 is 2.05 bits per heavy atom. The highest BCUT2D eigenvalue weighted by molar-refractivity contribution is 6.31. The molecule has 1 amide bonds. The fourth-order valence-corrected chi connectivity index (χ4v) is 2.59. The van der Waals surface area contributed by atoms with E-state index in [1.165, 1.54) is 0 Å². The van der Waals surface area contributed by atoms with Gasteiger partial charge in [-0.15, -0.1) is 0 Å². The van der Waals surface area contributed by atoms with E-state index in [2.05, 4.69) is 15.5 Å². The molecule has 2 rings (SSSR count). The lowest BCUT2D eigenvalue weighted by molar-refractivity contribution is -0.126. The molecule has 21 heavy (non-hydrogen) atoms. The van der Waals surface area contributed by atoms with Crippen molar-refractivity contribution in [2.75, 3.05) is 38.6 Å². The molecule has 1 saturated heterocycles. The average molecular weight is 312 g/mol. The van der Waals surface area contributed by atoms with Crippen molar-refractivity contribution in [2.45, 2.75) is 19.4 Å². The molecule has 5 nitrogen and oxygen atoms in total. The lowest BCUT2D eigenvalue weighted by Gasteiger charge is -2.39. The van der Waals surface area contributed by atoms with Crippen LogP contribution in [0.25, 0.3) is 0 Å². The first-order valence-electron chi connectivity index (χ1n) is 7.06. The van der Waals surface area contributed by atoms with Crippen molar-refractivity contribution in [1.82, 2.24) is 10.2 Å². The van der Waals surface area contributed by atoms with Crippen molar-refractivity contribution in [1.29, 1.82) is 0 Å². The summed E-state index contributed by atoms with van der Waals surface area (Å²) < 4.78 is 5.26.